The molecular weight excluding hydrogens is 403 g/mol. The highest BCUT2D eigenvalue weighted by Crippen LogP contribution is 2.22. The van der Waals surface area contributed by atoms with Gasteiger partial charge in [0.25, 0.3) is 0 Å². The number of aromatic nitrogens is 1. The summed E-state index contributed by atoms with van der Waals surface area (Å²) in [5.74, 6) is 1.99. The number of halogens is 1. The van der Waals surface area contributed by atoms with Crippen LogP contribution in [0.5, 0.6) is 0 Å². The number of rotatable bonds is 5. The maximum Gasteiger partial charge on any atom is 0.191 e. The van der Waals surface area contributed by atoms with Crippen molar-refractivity contribution in [1.29, 1.82) is 0 Å². The van der Waals surface area contributed by atoms with Crippen molar-refractivity contribution in [3.63, 3.8) is 0 Å². The zero-order chi connectivity index (χ0) is 15.9. The van der Waals surface area contributed by atoms with E-state index in [4.69, 9.17) is 4.52 Å². The van der Waals surface area contributed by atoms with Crippen molar-refractivity contribution in [2.24, 2.45) is 4.99 Å². The number of guanidine groups is 1. The van der Waals surface area contributed by atoms with Crippen molar-refractivity contribution in [2.75, 3.05) is 13.6 Å². The SMILES string of the molecule is CN=C(NCc1ccccc1)NCC(C)c1c(C)noc1C.I. The van der Waals surface area contributed by atoms with E-state index in [1.807, 2.05) is 32.0 Å². The predicted molar refractivity (Wildman–Crippen MR) is 104 cm³/mol. The van der Waals surface area contributed by atoms with Gasteiger partial charge in [0.15, 0.2) is 5.96 Å². The molecule has 0 amide bonds. The molecule has 126 valence electrons. The molecule has 0 bridgehead atoms. The van der Waals surface area contributed by atoms with E-state index >= 15 is 0 Å². The van der Waals surface area contributed by atoms with E-state index in [2.05, 4.69) is 39.8 Å². The highest BCUT2D eigenvalue weighted by atomic mass is 127. The van der Waals surface area contributed by atoms with Crippen LogP contribution in [0.15, 0.2) is 39.8 Å². The molecular formula is C17H25IN4O. The predicted octanol–water partition coefficient (Wildman–Crippen LogP) is 3.38. The molecule has 5 nitrogen and oxygen atoms in total. The number of aryl methyl sites for hydroxylation is 2. The van der Waals surface area contributed by atoms with Crippen LogP contribution >= 0.6 is 24.0 Å². The van der Waals surface area contributed by atoms with Gasteiger partial charge in [-0.05, 0) is 19.4 Å². The van der Waals surface area contributed by atoms with E-state index in [1.54, 1.807) is 7.05 Å². The second-order valence-corrected chi connectivity index (χ2v) is 5.43. The molecule has 2 rings (SSSR count). The highest BCUT2D eigenvalue weighted by molar-refractivity contribution is 14.0. The summed E-state index contributed by atoms with van der Waals surface area (Å²) >= 11 is 0. The van der Waals surface area contributed by atoms with Crippen molar-refractivity contribution < 1.29 is 4.52 Å². The summed E-state index contributed by atoms with van der Waals surface area (Å²) in [7, 11) is 1.78. The number of aliphatic imine (C=N–C) groups is 1. The Morgan fingerprint density at radius 3 is 2.48 bits per heavy atom. The Morgan fingerprint density at radius 2 is 1.91 bits per heavy atom. The van der Waals surface area contributed by atoms with Gasteiger partial charge in [-0.3, -0.25) is 4.99 Å². The van der Waals surface area contributed by atoms with Crippen LogP contribution in [-0.4, -0.2) is 24.7 Å². The minimum Gasteiger partial charge on any atom is -0.361 e. The summed E-state index contributed by atoms with van der Waals surface area (Å²) in [5.41, 5.74) is 3.36. The van der Waals surface area contributed by atoms with Crippen LogP contribution in [0.2, 0.25) is 0 Å². The van der Waals surface area contributed by atoms with Gasteiger partial charge in [-0.15, -0.1) is 24.0 Å². The number of hydrogen-bond donors (Lipinski definition) is 2. The third kappa shape index (κ3) is 5.53. The summed E-state index contributed by atoms with van der Waals surface area (Å²) in [6, 6.07) is 10.3. The van der Waals surface area contributed by atoms with Crippen LogP contribution in [-0.2, 0) is 6.54 Å². The van der Waals surface area contributed by atoms with Crippen LogP contribution in [0.1, 0.15) is 35.4 Å². The van der Waals surface area contributed by atoms with Gasteiger partial charge in [-0.25, -0.2) is 0 Å². The van der Waals surface area contributed by atoms with Crippen molar-refractivity contribution in [3.05, 3.63) is 52.9 Å². The lowest BCUT2D eigenvalue weighted by atomic mass is 10.00. The Bertz CT molecular complexity index is 605. The Morgan fingerprint density at radius 1 is 1.22 bits per heavy atom. The van der Waals surface area contributed by atoms with Gasteiger partial charge < -0.3 is 15.2 Å². The van der Waals surface area contributed by atoms with Gasteiger partial charge in [0.05, 0.1) is 5.69 Å². The molecule has 2 aromatic rings. The first kappa shape index (κ1) is 19.5. The Kier molecular flexibility index (Phi) is 8.08. The molecule has 0 aliphatic carbocycles. The summed E-state index contributed by atoms with van der Waals surface area (Å²) in [6.07, 6.45) is 0. The first-order valence-electron chi connectivity index (χ1n) is 7.53. The van der Waals surface area contributed by atoms with Crippen LogP contribution in [0.25, 0.3) is 0 Å². The smallest absolute Gasteiger partial charge is 0.191 e. The first-order valence-corrected chi connectivity index (χ1v) is 7.53. The number of nitrogens with zero attached hydrogens (tertiary/aromatic N) is 2. The number of benzene rings is 1. The molecule has 0 radical (unpaired) electrons. The Labute approximate surface area is 155 Å². The fraction of sp³-hybridized carbons (Fsp3) is 0.412. The summed E-state index contributed by atoms with van der Waals surface area (Å²) in [4.78, 5) is 4.26. The molecule has 1 atom stereocenters. The zero-order valence-electron chi connectivity index (χ0n) is 14.1. The molecule has 0 saturated carbocycles. The Balaban J connectivity index is 0.00000264. The van der Waals surface area contributed by atoms with Crippen molar-refractivity contribution in [1.82, 2.24) is 15.8 Å². The van der Waals surface area contributed by atoms with E-state index in [-0.39, 0.29) is 24.0 Å². The second kappa shape index (κ2) is 9.54. The lowest BCUT2D eigenvalue weighted by Crippen LogP contribution is -2.38. The van der Waals surface area contributed by atoms with Crippen LogP contribution < -0.4 is 10.6 Å². The second-order valence-electron chi connectivity index (χ2n) is 5.43. The van der Waals surface area contributed by atoms with Gasteiger partial charge in [0.2, 0.25) is 0 Å². The molecule has 1 unspecified atom stereocenters. The molecule has 2 N–H and O–H groups in total. The van der Waals surface area contributed by atoms with Crippen molar-refractivity contribution in [2.45, 2.75) is 33.2 Å². The molecule has 0 saturated heterocycles. The molecule has 0 fully saturated rings. The molecule has 1 aromatic carbocycles. The number of hydrogen-bond acceptors (Lipinski definition) is 3. The summed E-state index contributed by atoms with van der Waals surface area (Å²) in [6.45, 7) is 7.61. The maximum atomic E-state index is 5.23. The van der Waals surface area contributed by atoms with E-state index in [9.17, 15) is 0 Å². The quantitative estimate of drug-likeness (QED) is 0.436. The maximum absolute atomic E-state index is 5.23. The highest BCUT2D eigenvalue weighted by Gasteiger charge is 2.16. The van der Waals surface area contributed by atoms with Gasteiger partial charge in [-0.1, -0.05) is 42.4 Å². The minimum absolute atomic E-state index is 0. The standard InChI is InChI=1S/C17H24N4O.HI/c1-12(16-13(2)21-22-14(16)3)10-19-17(18-4)20-11-15-8-6-5-7-9-15;/h5-9,12H,10-11H2,1-4H3,(H2,18,19,20);1H. The summed E-state index contributed by atoms with van der Waals surface area (Å²) < 4.78 is 5.23. The topological polar surface area (TPSA) is 62.5 Å². The van der Waals surface area contributed by atoms with Gasteiger partial charge >= 0.3 is 0 Å². The summed E-state index contributed by atoms with van der Waals surface area (Å²) in [5, 5.41) is 10.7. The molecule has 1 heterocycles. The van der Waals surface area contributed by atoms with Crippen LogP contribution in [0.4, 0.5) is 0 Å². The average molecular weight is 428 g/mol. The monoisotopic (exact) mass is 428 g/mol. The lowest BCUT2D eigenvalue weighted by Gasteiger charge is -2.16. The van der Waals surface area contributed by atoms with Gasteiger partial charge in [0.1, 0.15) is 5.76 Å². The van der Waals surface area contributed by atoms with E-state index in [1.165, 1.54) is 11.1 Å². The third-order valence-electron chi connectivity index (χ3n) is 3.68. The van der Waals surface area contributed by atoms with Gasteiger partial charge in [-0.2, -0.15) is 0 Å². The molecule has 0 aliphatic rings. The molecule has 0 spiro atoms. The van der Waals surface area contributed by atoms with Crippen molar-refractivity contribution in [3.8, 4) is 0 Å². The largest absolute Gasteiger partial charge is 0.361 e. The van der Waals surface area contributed by atoms with E-state index in [0.29, 0.717) is 5.92 Å². The normalized spacial score (nSPS) is 12.4. The molecule has 23 heavy (non-hydrogen) atoms. The fourth-order valence-electron chi connectivity index (χ4n) is 2.55. The van der Waals surface area contributed by atoms with Crippen LogP contribution in [0.3, 0.4) is 0 Å². The Hall–Kier alpha value is -1.57. The van der Waals surface area contributed by atoms with Crippen LogP contribution in [0, 0.1) is 13.8 Å². The van der Waals surface area contributed by atoms with Crippen molar-refractivity contribution >= 4 is 29.9 Å². The minimum atomic E-state index is 0. The first-order chi connectivity index (χ1) is 10.6. The molecule has 0 aliphatic heterocycles. The van der Waals surface area contributed by atoms with Gasteiger partial charge in [0, 0.05) is 31.6 Å². The van der Waals surface area contributed by atoms with E-state index in [0.717, 1.165) is 30.5 Å². The van der Waals surface area contributed by atoms with E-state index < -0.39 is 0 Å². The third-order valence-corrected chi connectivity index (χ3v) is 3.68. The fourth-order valence-corrected chi connectivity index (χ4v) is 2.55. The average Bonchev–Trinajstić information content (AvgIpc) is 2.87. The molecule has 1 aromatic heterocycles. The zero-order valence-corrected chi connectivity index (χ0v) is 16.4. The lowest BCUT2D eigenvalue weighted by molar-refractivity contribution is 0.391. The molecule has 6 heteroatoms. The number of nitrogens with one attached hydrogen (secondary N) is 2.